The van der Waals surface area contributed by atoms with Crippen LogP contribution in [0.5, 0.6) is 0 Å². The molecule has 0 saturated carbocycles. The van der Waals surface area contributed by atoms with Gasteiger partial charge in [0.15, 0.2) is 0 Å². The maximum absolute atomic E-state index is 9.87. The summed E-state index contributed by atoms with van der Waals surface area (Å²) in [5, 5.41) is 13.3. The first-order valence-electron chi connectivity index (χ1n) is 7.40. The van der Waals surface area contributed by atoms with Crippen LogP contribution < -0.4 is 5.32 Å². The van der Waals surface area contributed by atoms with Gasteiger partial charge in [-0.05, 0) is 35.6 Å². The van der Waals surface area contributed by atoms with Crippen molar-refractivity contribution in [3.8, 4) is 0 Å². The van der Waals surface area contributed by atoms with Gasteiger partial charge in [-0.25, -0.2) is 0 Å². The van der Waals surface area contributed by atoms with Gasteiger partial charge in [0.25, 0.3) is 0 Å². The Kier molecular flexibility index (Phi) is 4.38. The fraction of sp³-hybridized carbons (Fsp3) is 0.368. The predicted octanol–water partition coefficient (Wildman–Crippen LogP) is 4.30. The fourth-order valence-corrected chi connectivity index (χ4v) is 2.38. The molecule has 0 aliphatic carbocycles. The lowest BCUT2D eigenvalue weighted by Gasteiger charge is -2.31. The molecule has 2 aromatic rings. The van der Waals surface area contributed by atoms with Crippen LogP contribution in [0.1, 0.15) is 38.8 Å². The largest absolute Gasteiger partial charge is 0.394 e. The molecule has 2 N–H and O–H groups in total. The highest BCUT2D eigenvalue weighted by Crippen LogP contribution is 2.28. The minimum atomic E-state index is -0.488. The monoisotopic (exact) mass is 283 g/mol. The number of benzene rings is 2. The molecule has 0 heterocycles. The molecule has 1 unspecified atom stereocenters. The Labute approximate surface area is 127 Å². The molecule has 2 heteroatoms. The average Bonchev–Trinajstić information content (AvgIpc) is 2.47. The quantitative estimate of drug-likeness (QED) is 0.876. The van der Waals surface area contributed by atoms with E-state index in [0.717, 1.165) is 11.3 Å². The average molecular weight is 283 g/mol. The molecular weight excluding hydrogens is 258 g/mol. The van der Waals surface area contributed by atoms with Gasteiger partial charge in [0.2, 0.25) is 0 Å². The van der Waals surface area contributed by atoms with E-state index >= 15 is 0 Å². The number of aliphatic hydroxyl groups is 1. The van der Waals surface area contributed by atoms with Crippen LogP contribution in [0.15, 0.2) is 54.6 Å². The van der Waals surface area contributed by atoms with Crippen LogP contribution in [0.25, 0.3) is 0 Å². The Bertz CT molecular complexity index is 569. The molecule has 2 aromatic carbocycles. The minimum Gasteiger partial charge on any atom is -0.394 e. The third kappa shape index (κ3) is 3.64. The van der Waals surface area contributed by atoms with E-state index in [4.69, 9.17) is 0 Å². The first kappa shape index (κ1) is 15.6. The van der Waals surface area contributed by atoms with Crippen LogP contribution in [0, 0.1) is 0 Å². The summed E-state index contributed by atoms with van der Waals surface area (Å²) in [4.78, 5) is 0. The number of hydrogen-bond donors (Lipinski definition) is 2. The standard InChI is InChI=1S/C19H25NO/c1-18(2,3)15-10-12-16(13-11-15)19(4,14-21)20-17-8-6-5-7-9-17/h5-13,20-21H,14H2,1-4H3. The van der Waals surface area contributed by atoms with Crippen molar-refractivity contribution < 1.29 is 5.11 Å². The summed E-state index contributed by atoms with van der Waals surface area (Å²) >= 11 is 0. The number of hydrogen-bond acceptors (Lipinski definition) is 2. The molecule has 21 heavy (non-hydrogen) atoms. The van der Waals surface area contributed by atoms with Crippen LogP contribution >= 0.6 is 0 Å². The number of rotatable bonds is 4. The Morgan fingerprint density at radius 1 is 0.810 bits per heavy atom. The SMILES string of the molecule is CC(C)(C)c1ccc(C(C)(CO)Nc2ccccc2)cc1. The van der Waals surface area contributed by atoms with E-state index < -0.39 is 5.54 Å². The molecule has 0 fully saturated rings. The number of nitrogens with one attached hydrogen (secondary N) is 1. The zero-order valence-corrected chi connectivity index (χ0v) is 13.4. The van der Waals surface area contributed by atoms with Crippen molar-refractivity contribution in [1.29, 1.82) is 0 Å². The van der Waals surface area contributed by atoms with E-state index in [1.165, 1.54) is 5.56 Å². The summed E-state index contributed by atoms with van der Waals surface area (Å²) in [5.41, 5.74) is 3.04. The molecule has 2 rings (SSSR count). The number of anilines is 1. The Morgan fingerprint density at radius 3 is 1.81 bits per heavy atom. The van der Waals surface area contributed by atoms with E-state index in [1.54, 1.807) is 0 Å². The van der Waals surface area contributed by atoms with Crippen molar-refractivity contribution in [2.24, 2.45) is 0 Å². The van der Waals surface area contributed by atoms with Gasteiger partial charge in [-0.2, -0.15) is 0 Å². The van der Waals surface area contributed by atoms with Gasteiger partial charge in [0.05, 0.1) is 12.1 Å². The van der Waals surface area contributed by atoms with Gasteiger partial charge >= 0.3 is 0 Å². The predicted molar refractivity (Wildman–Crippen MR) is 89.6 cm³/mol. The smallest absolute Gasteiger partial charge is 0.0828 e. The van der Waals surface area contributed by atoms with E-state index in [9.17, 15) is 5.11 Å². The van der Waals surface area contributed by atoms with Gasteiger partial charge in [0, 0.05) is 5.69 Å². The third-order valence-corrected chi connectivity index (χ3v) is 3.90. The van der Waals surface area contributed by atoms with Gasteiger partial charge in [-0.15, -0.1) is 0 Å². The Hall–Kier alpha value is -1.80. The first-order chi connectivity index (χ1) is 9.85. The molecule has 0 aliphatic rings. The molecular formula is C19H25NO. The van der Waals surface area contributed by atoms with Crippen molar-refractivity contribution >= 4 is 5.69 Å². The molecule has 0 amide bonds. The van der Waals surface area contributed by atoms with Gasteiger partial charge in [0.1, 0.15) is 0 Å². The highest BCUT2D eigenvalue weighted by molar-refractivity contribution is 5.48. The van der Waals surface area contributed by atoms with E-state index in [2.05, 4.69) is 50.4 Å². The molecule has 2 nitrogen and oxygen atoms in total. The Balaban J connectivity index is 2.28. The van der Waals surface area contributed by atoms with Crippen LogP contribution in [-0.2, 0) is 11.0 Å². The Morgan fingerprint density at radius 2 is 1.33 bits per heavy atom. The lowest BCUT2D eigenvalue weighted by molar-refractivity contribution is 0.224. The van der Waals surface area contributed by atoms with Gasteiger partial charge in [-0.3, -0.25) is 0 Å². The molecule has 0 aliphatic heterocycles. The summed E-state index contributed by atoms with van der Waals surface area (Å²) in [6.07, 6.45) is 0. The lowest BCUT2D eigenvalue weighted by Crippen LogP contribution is -2.35. The van der Waals surface area contributed by atoms with Crippen molar-refractivity contribution in [3.63, 3.8) is 0 Å². The zero-order chi connectivity index (χ0) is 15.5. The lowest BCUT2D eigenvalue weighted by atomic mass is 9.84. The molecule has 0 spiro atoms. The first-order valence-corrected chi connectivity index (χ1v) is 7.40. The molecule has 1 atom stereocenters. The summed E-state index contributed by atoms with van der Waals surface area (Å²) in [7, 11) is 0. The highest BCUT2D eigenvalue weighted by Gasteiger charge is 2.26. The summed E-state index contributed by atoms with van der Waals surface area (Å²) in [5.74, 6) is 0. The minimum absolute atomic E-state index is 0.0385. The van der Waals surface area contributed by atoms with Crippen LogP contribution in [-0.4, -0.2) is 11.7 Å². The summed E-state index contributed by atoms with van der Waals surface area (Å²) < 4.78 is 0. The number of aliphatic hydroxyl groups excluding tert-OH is 1. The van der Waals surface area contributed by atoms with Crippen LogP contribution in [0.2, 0.25) is 0 Å². The maximum atomic E-state index is 9.87. The van der Waals surface area contributed by atoms with E-state index in [-0.39, 0.29) is 12.0 Å². The molecule has 0 saturated heterocycles. The topological polar surface area (TPSA) is 32.3 Å². The van der Waals surface area contributed by atoms with Crippen LogP contribution in [0.3, 0.4) is 0 Å². The molecule has 112 valence electrons. The van der Waals surface area contributed by atoms with Gasteiger partial charge < -0.3 is 10.4 Å². The van der Waals surface area contributed by atoms with Crippen molar-refractivity contribution in [2.75, 3.05) is 11.9 Å². The van der Waals surface area contributed by atoms with Crippen molar-refractivity contribution in [3.05, 3.63) is 65.7 Å². The second kappa shape index (κ2) is 5.90. The third-order valence-electron chi connectivity index (χ3n) is 3.90. The van der Waals surface area contributed by atoms with E-state index in [1.807, 2.05) is 37.3 Å². The molecule has 0 bridgehead atoms. The van der Waals surface area contributed by atoms with E-state index in [0.29, 0.717) is 0 Å². The summed E-state index contributed by atoms with van der Waals surface area (Å²) in [6.45, 7) is 8.67. The normalized spacial score (nSPS) is 14.5. The van der Waals surface area contributed by atoms with Gasteiger partial charge in [-0.1, -0.05) is 63.2 Å². The number of para-hydroxylation sites is 1. The maximum Gasteiger partial charge on any atom is 0.0828 e. The summed E-state index contributed by atoms with van der Waals surface area (Å²) in [6, 6.07) is 18.5. The second-order valence-electron chi connectivity index (χ2n) is 6.81. The fourth-order valence-electron chi connectivity index (χ4n) is 2.38. The van der Waals surface area contributed by atoms with Crippen molar-refractivity contribution in [2.45, 2.75) is 38.6 Å². The van der Waals surface area contributed by atoms with Crippen molar-refractivity contribution in [1.82, 2.24) is 0 Å². The molecule has 0 radical (unpaired) electrons. The highest BCUT2D eigenvalue weighted by atomic mass is 16.3. The molecule has 0 aromatic heterocycles. The van der Waals surface area contributed by atoms with Crippen LogP contribution in [0.4, 0.5) is 5.69 Å². The second-order valence-corrected chi connectivity index (χ2v) is 6.81. The zero-order valence-electron chi connectivity index (χ0n) is 13.4.